The van der Waals surface area contributed by atoms with Crippen LogP contribution in [0.2, 0.25) is 0 Å². The summed E-state index contributed by atoms with van der Waals surface area (Å²) in [4.78, 5) is 11.0. The summed E-state index contributed by atoms with van der Waals surface area (Å²) in [5, 5.41) is 12.3. The molecule has 0 heterocycles. The topological polar surface area (TPSA) is 58.6 Å². The van der Waals surface area contributed by atoms with Gasteiger partial charge in [-0.1, -0.05) is 6.42 Å². The van der Waals surface area contributed by atoms with Crippen molar-refractivity contribution in [3.8, 4) is 5.75 Å². The average molecular weight is 281 g/mol. The van der Waals surface area contributed by atoms with Crippen molar-refractivity contribution in [3.63, 3.8) is 0 Å². The van der Waals surface area contributed by atoms with Gasteiger partial charge in [-0.05, 0) is 43.5 Å². The molecule has 2 N–H and O–H groups in total. The number of hydrogen-bond donors (Lipinski definition) is 2. The van der Waals surface area contributed by atoms with Crippen molar-refractivity contribution in [3.05, 3.63) is 30.1 Å². The minimum atomic E-state index is -0.695. The summed E-state index contributed by atoms with van der Waals surface area (Å²) in [6.07, 6.45) is 3.43. The molecule has 0 bridgehead atoms. The van der Waals surface area contributed by atoms with Crippen LogP contribution >= 0.6 is 0 Å². The van der Waals surface area contributed by atoms with Crippen molar-refractivity contribution in [1.29, 1.82) is 0 Å². The fraction of sp³-hybridized carbons (Fsp3) is 0.533. The fourth-order valence-electron chi connectivity index (χ4n) is 2.56. The van der Waals surface area contributed by atoms with E-state index in [1.165, 1.54) is 12.1 Å². The van der Waals surface area contributed by atoms with Gasteiger partial charge in [0.25, 0.3) is 0 Å². The van der Waals surface area contributed by atoms with Crippen LogP contribution in [0.4, 0.5) is 4.39 Å². The van der Waals surface area contributed by atoms with Crippen molar-refractivity contribution in [2.75, 3.05) is 13.2 Å². The second-order valence-corrected chi connectivity index (χ2v) is 5.16. The van der Waals surface area contributed by atoms with Gasteiger partial charge >= 0.3 is 5.97 Å². The van der Waals surface area contributed by atoms with Crippen LogP contribution in [0.5, 0.6) is 5.75 Å². The first-order valence-electron chi connectivity index (χ1n) is 6.99. The van der Waals surface area contributed by atoms with E-state index in [1.54, 1.807) is 12.1 Å². The molecule has 0 amide bonds. The molecule has 1 aromatic rings. The van der Waals surface area contributed by atoms with Crippen molar-refractivity contribution in [1.82, 2.24) is 5.32 Å². The quantitative estimate of drug-likeness (QED) is 0.786. The molecule has 1 saturated carbocycles. The first-order chi connectivity index (χ1) is 9.65. The van der Waals surface area contributed by atoms with Gasteiger partial charge in [-0.3, -0.25) is 4.79 Å². The molecule has 2 unspecified atom stereocenters. The Balaban J connectivity index is 1.65. The number of aliphatic carboxylic acids is 1. The number of hydrogen-bond acceptors (Lipinski definition) is 3. The van der Waals surface area contributed by atoms with E-state index >= 15 is 0 Å². The lowest BCUT2D eigenvalue weighted by Crippen LogP contribution is -2.38. The number of ether oxygens (including phenoxy) is 1. The van der Waals surface area contributed by atoms with Gasteiger partial charge < -0.3 is 15.2 Å². The van der Waals surface area contributed by atoms with Crippen molar-refractivity contribution < 1.29 is 19.0 Å². The van der Waals surface area contributed by atoms with E-state index in [-0.39, 0.29) is 17.8 Å². The van der Waals surface area contributed by atoms with Crippen LogP contribution in [0.25, 0.3) is 0 Å². The standard InChI is InChI=1S/C15H20FNO3/c16-12-4-6-14(7-5-12)20-9-8-17-13-3-1-2-11(10-13)15(18)19/h4-7,11,13,17H,1-3,8-10H2,(H,18,19). The predicted molar refractivity (Wildman–Crippen MR) is 73.3 cm³/mol. The Hall–Kier alpha value is -1.62. The highest BCUT2D eigenvalue weighted by atomic mass is 19.1. The Kier molecular flexibility index (Phi) is 5.35. The molecular weight excluding hydrogens is 261 g/mol. The number of nitrogens with one attached hydrogen (secondary N) is 1. The van der Waals surface area contributed by atoms with E-state index in [0.29, 0.717) is 25.3 Å². The summed E-state index contributed by atoms with van der Waals surface area (Å²) in [5.41, 5.74) is 0. The number of carboxylic acid groups (broad SMARTS) is 1. The van der Waals surface area contributed by atoms with Crippen molar-refractivity contribution >= 4 is 5.97 Å². The van der Waals surface area contributed by atoms with Gasteiger partial charge in [0, 0.05) is 12.6 Å². The second-order valence-electron chi connectivity index (χ2n) is 5.16. The predicted octanol–water partition coefficient (Wildman–Crippen LogP) is 2.44. The third kappa shape index (κ3) is 4.49. The monoisotopic (exact) mass is 281 g/mol. The third-order valence-corrected chi connectivity index (χ3v) is 3.64. The van der Waals surface area contributed by atoms with E-state index in [0.717, 1.165) is 19.3 Å². The smallest absolute Gasteiger partial charge is 0.306 e. The molecular formula is C15H20FNO3. The van der Waals surface area contributed by atoms with Gasteiger partial charge in [-0.2, -0.15) is 0 Å². The van der Waals surface area contributed by atoms with Crippen LogP contribution < -0.4 is 10.1 Å². The summed E-state index contributed by atoms with van der Waals surface area (Å²) in [7, 11) is 0. The van der Waals surface area contributed by atoms with Gasteiger partial charge in [0.1, 0.15) is 18.2 Å². The number of carbonyl (C=O) groups is 1. The number of carboxylic acids is 1. The normalized spacial score (nSPS) is 22.4. The fourth-order valence-corrected chi connectivity index (χ4v) is 2.56. The molecule has 5 heteroatoms. The van der Waals surface area contributed by atoms with Gasteiger partial charge in [0.2, 0.25) is 0 Å². The third-order valence-electron chi connectivity index (χ3n) is 3.64. The van der Waals surface area contributed by atoms with Gasteiger partial charge in [-0.25, -0.2) is 4.39 Å². The SMILES string of the molecule is O=C(O)C1CCCC(NCCOc2ccc(F)cc2)C1. The van der Waals surface area contributed by atoms with Gasteiger partial charge in [-0.15, -0.1) is 0 Å². The van der Waals surface area contributed by atoms with Crippen LogP contribution in [0.3, 0.4) is 0 Å². The summed E-state index contributed by atoms with van der Waals surface area (Å²) in [6.45, 7) is 1.15. The average Bonchev–Trinajstić information content (AvgIpc) is 2.46. The van der Waals surface area contributed by atoms with E-state index < -0.39 is 5.97 Å². The second kappa shape index (κ2) is 7.24. The Bertz CT molecular complexity index is 435. The van der Waals surface area contributed by atoms with Crippen LogP contribution in [-0.2, 0) is 4.79 Å². The van der Waals surface area contributed by atoms with E-state index in [9.17, 15) is 9.18 Å². The molecule has 0 radical (unpaired) electrons. The lowest BCUT2D eigenvalue weighted by molar-refractivity contribution is -0.143. The van der Waals surface area contributed by atoms with Crippen LogP contribution in [0.15, 0.2) is 24.3 Å². The molecule has 0 spiro atoms. The maximum Gasteiger partial charge on any atom is 0.306 e. The molecule has 0 aromatic heterocycles. The summed E-state index contributed by atoms with van der Waals surface area (Å²) in [6, 6.07) is 6.16. The number of halogens is 1. The first-order valence-corrected chi connectivity index (χ1v) is 6.99. The minimum Gasteiger partial charge on any atom is -0.492 e. The number of rotatable bonds is 6. The zero-order chi connectivity index (χ0) is 14.4. The Morgan fingerprint density at radius 1 is 1.35 bits per heavy atom. The number of benzene rings is 1. The molecule has 110 valence electrons. The van der Waals surface area contributed by atoms with E-state index in [2.05, 4.69) is 5.32 Å². The van der Waals surface area contributed by atoms with Crippen LogP contribution in [0.1, 0.15) is 25.7 Å². The molecule has 1 fully saturated rings. The molecule has 0 aliphatic heterocycles. The lowest BCUT2D eigenvalue weighted by atomic mass is 9.86. The highest BCUT2D eigenvalue weighted by molar-refractivity contribution is 5.70. The zero-order valence-corrected chi connectivity index (χ0v) is 11.3. The summed E-state index contributed by atoms with van der Waals surface area (Å²) >= 11 is 0. The molecule has 1 aliphatic carbocycles. The molecule has 4 nitrogen and oxygen atoms in total. The van der Waals surface area contributed by atoms with E-state index in [1.807, 2.05) is 0 Å². The Labute approximate surface area is 117 Å². The molecule has 1 aliphatic rings. The van der Waals surface area contributed by atoms with Gasteiger partial charge in [0.05, 0.1) is 5.92 Å². The highest BCUT2D eigenvalue weighted by Crippen LogP contribution is 2.24. The maximum atomic E-state index is 12.7. The molecule has 2 atom stereocenters. The van der Waals surface area contributed by atoms with Crippen molar-refractivity contribution in [2.45, 2.75) is 31.7 Å². The minimum absolute atomic E-state index is 0.223. The Morgan fingerprint density at radius 3 is 2.80 bits per heavy atom. The first kappa shape index (κ1) is 14.8. The summed E-state index contributed by atoms with van der Waals surface area (Å²) < 4.78 is 18.2. The summed E-state index contributed by atoms with van der Waals surface area (Å²) in [5.74, 6) is -0.559. The van der Waals surface area contributed by atoms with Gasteiger partial charge in [0.15, 0.2) is 0 Å². The van der Waals surface area contributed by atoms with E-state index in [4.69, 9.17) is 9.84 Å². The highest BCUT2D eigenvalue weighted by Gasteiger charge is 2.26. The molecule has 20 heavy (non-hydrogen) atoms. The molecule has 2 rings (SSSR count). The zero-order valence-electron chi connectivity index (χ0n) is 11.3. The lowest BCUT2D eigenvalue weighted by Gasteiger charge is -2.27. The Morgan fingerprint density at radius 2 is 2.10 bits per heavy atom. The largest absolute Gasteiger partial charge is 0.492 e. The van der Waals surface area contributed by atoms with Crippen LogP contribution in [0, 0.1) is 11.7 Å². The molecule has 1 aromatic carbocycles. The van der Waals surface area contributed by atoms with Crippen molar-refractivity contribution in [2.24, 2.45) is 5.92 Å². The molecule has 0 saturated heterocycles. The van der Waals surface area contributed by atoms with Crippen LogP contribution in [-0.4, -0.2) is 30.3 Å². The maximum absolute atomic E-state index is 12.7.